The summed E-state index contributed by atoms with van der Waals surface area (Å²) in [7, 11) is 0. The van der Waals surface area contributed by atoms with Crippen molar-refractivity contribution >= 4 is 11.6 Å². The molecule has 0 radical (unpaired) electrons. The van der Waals surface area contributed by atoms with Gasteiger partial charge in [0.15, 0.2) is 0 Å². The Morgan fingerprint density at radius 3 is 2.38 bits per heavy atom. The largest absolute Gasteiger partial charge is 0.198 e. The fourth-order valence-corrected chi connectivity index (χ4v) is 1.11. The Labute approximate surface area is 54.3 Å². The van der Waals surface area contributed by atoms with E-state index in [9.17, 15) is 0 Å². The molecule has 0 spiro atoms. The van der Waals surface area contributed by atoms with Crippen LogP contribution < -0.4 is 0 Å². The van der Waals surface area contributed by atoms with Crippen LogP contribution >= 0.6 is 11.6 Å². The summed E-state index contributed by atoms with van der Waals surface area (Å²) in [6.45, 7) is 0. The van der Waals surface area contributed by atoms with E-state index in [0.29, 0.717) is 5.88 Å². The maximum atomic E-state index is 8.48. The van der Waals surface area contributed by atoms with Gasteiger partial charge in [-0.05, 0) is 19.3 Å². The molecular weight excluding hydrogens is 122 g/mol. The van der Waals surface area contributed by atoms with E-state index >= 15 is 0 Å². The SMILES string of the molecule is N#CC1(CCCl)CC1. The predicted molar refractivity (Wildman–Crippen MR) is 32.6 cm³/mol. The van der Waals surface area contributed by atoms with Crippen LogP contribution in [0.4, 0.5) is 0 Å². The maximum absolute atomic E-state index is 8.48. The Balaban J connectivity index is 2.33. The molecule has 0 aromatic carbocycles. The zero-order valence-electron chi connectivity index (χ0n) is 4.65. The molecule has 0 atom stereocenters. The van der Waals surface area contributed by atoms with Gasteiger partial charge in [-0.2, -0.15) is 5.26 Å². The fraction of sp³-hybridized carbons (Fsp3) is 0.833. The van der Waals surface area contributed by atoms with Crippen molar-refractivity contribution in [3.63, 3.8) is 0 Å². The van der Waals surface area contributed by atoms with E-state index in [1.807, 2.05) is 0 Å². The lowest BCUT2D eigenvalue weighted by atomic mass is 10.1. The number of hydrogen-bond acceptors (Lipinski definition) is 1. The van der Waals surface area contributed by atoms with Crippen molar-refractivity contribution in [1.29, 1.82) is 5.26 Å². The molecule has 44 valence electrons. The van der Waals surface area contributed by atoms with Crippen LogP contribution in [-0.2, 0) is 0 Å². The number of alkyl halides is 1. The fourth-order valence-electron chi connectivity index (χ4n) is 0.749. The second-order valence-electron chi connectivity index (χ2n) is 2.33. The molecule has 1 fully saturated rings. The van der Waals surface area contributed by atoms with Crippen LogP contribution in [0.25, 0.3) is 0 Å². The summed E-state index contributed by atoms with van der Waals surface area (Å²) in [5, 5.41) is 8.48. The van der Waals surface area contributed by atoms with Gasteiger partial charge < -0.3 is 0 Å². The summed E-state index contributed by atoms with van der Waals surface area (Å²) in [5.74, 6) is 0.633. The molecular formula is C6H8ClN. The highest BCUT2D eigenvalue weighted by atomic mass is 35.5. The molecule has 1 aliphatic carbocycles. The quantitative estimate of drug-likeness (QED) is 0.523. The molecule has 0 heterocycles. The second kappa shape index (κ2) is 1.95. The van der Waals surface area contributed by atoms with Crippen molar-refractivity contribution in [2.45, 2.75) is 19.3 Å². The minimum Gasteiger partial charge on any atom is -0.198 e. The molecule has 0 aromatic heterocycles. The number of halogens is 1. The summed E-state index contributed by atoms with van der Waals surface area (Å²) in [6.07, 6.45) is 3.01. The Morgan fingerprint density at radius 2 is 2.25 bits per heavy atom. The van der Waals surface area contributed by atoms with Crippen LogP contribution in [0, 0.1) is 16.7 Å². The van der Waals surface area contributed by atoms with Gasteiger partial charge in [0.05, 0.1) is 11.5 Å². The first-order chi connectivity index (χ1) is 3.83. The van der Waals surface area contributed by atoms with Crippen molar-refractivity contribution < 1.29 is 0 Å². The van der Waals surface area contributed by atoms with Gasteiger partial charge in [-0.25, -0.2) is 0 Å². The number of nitrogens with zero attached hydrogens (tertiary/aromatic N) is 1. The molecule has 0 aliphatic heterocycles. The second-order valence-corrected chi connectivity index (χ2v) is 2.71. The van der Waals surface area contributed by atoms with Crippen molar-refractivity contribution in [3.8, 4) is 6.07 Å². The third-order valence-electron chi connectivity index (χ3n) is 1.66. The topological polar surface area (TPSA) is 23.8 Å². The number of nitriles is 1. The summed E-state index contributed by atoms with van der Waals surface area (Å²) in [5.41, 5.74) is 0.0156. The number of rotatable bonds is 2. The molecule has 0 bridgehead atoms. The average Bonchev–Trinajstić information content (AvgIpc) is 2.50. The van der Waals surface area contributed by atoms with Crippen molar-refractivity contribution in [1.82, 2.24) is 0 Å². The normalized spacial score (nSPS) is 22.0. The zero-order valence-corrected chi connectivity index (χ0v) is 5.41. The Hall–Kier alpha value is -0.220. The Morgan fingerprint density at radius 1 is 1.62 bits per heavy atom. The monoisotopic (exact) mass is 129 g/mol. The molecule has 0 aromatic rings. The lowest BCUT2D eigenvalue weighted by Crippen LogP contribution is -1.95. The van der Waals surface area contributed by atoms with Crippen LogP contribution in [-0.4, -0.2) is 5.88 Å². The van der Waals surface area contributed by atoms with E-state index in [1.54, 1.807) is 0 Å². The highest BCUT2D eigenvalue weighted by Crippen LogP contribution is 2.48. The van der Waals surface area contributed by atoms with E-state index in [0.717, 1.165) is 19.3 Å². The summed E-state index contributed by atoms with van der Waals surface area (Å²) >= 11 is 5.45. The molecule has 1 rings (SSSR count). The van der Waals surface area contributed by atoms with Crippen LogP contribution in [0.3, 0.4) is 0 Å². The smallest absolute Gasteiger partial charge is 0.0690 e. The van der Waals surface area contributed by atoms with Crippen molar-refractivity contribution in [3.05, 3.63) is 0 Å². The third kappa shape index (κ3) is 0.952. The maximum Gasteiger partial charge on any atom is 0.0690 e. The molecule has 0 saturated heterocycles. The van der Waals surface area contributed by atoms with Gasteiger partial charge in [-0.15, -0.1) is 11.6 Å². The van der Waals surface area contributed by atoms with Gasteiger partial charge in [-0.3, -0.25) is 0 Å². The molecule has 1 saturated carbocycles. The minimum absolute atomic E-state index is 0.0156. The lowest BCUT2D eigenvalue weighted by Gasteiger charge is -1.96. The standard InChI is InChI=1S/C6H8ClN/c7-4-3-6(5-8)1-2-6/h1-4H2. The minimum atomic E-state index is 0.0156. The molecule has 1 aliphatic rings. The van der Waals surface area contributed by atoms with Gasteiger partial charge in [0, 0.05) is 5.88 Å². The predicted octanol–water partition coefficient (Wildman–Crippen LogP) is 1.92. The van der Waals surface area contributed by atoms with E-state index in [-0.39, 0.29) is 5.41 Å². The van der Waals surface area contributed by atoms with Crippen molar-refractivity contribution in [2.24, 2.45) is 5.41 Å². The van der Waals surface area contributed by atoms with Crippen LogP contribution in [0.5, 0.6) is 0 Å². The first-order valence-electron chi connectivity index (χ1n) is 2.80. The zero-order chi connectivity index (χ0) is 6.04. The first-order valence-corrected chi connectivity index (χ1v) is 3.34. The number of hydrogen-bond donors (Lipinski definition) is 0. The van der Waals surface area contributed by atoms with Gasteiger partial charge in [-0.1, -0.05) is 0 Å². The molecule has 1 nitrogen and oxygen atoms in total. The van der Waals surface area contributed by atoms with Crippen LogP contribution in [0.15, 0.2) is 0 Å². The van der Waals surface area contributed by atoms with E-state index in [2.05, 4.69) is 6.07 Å². The third-order valence-corrected chi connectivity index (χ3v) is 1.85. The highest BCUT2D eigenvalue weighted by molar-refractivity contribution is 6.17. The van der Waals surface area contributed by atoms with Crippen LogP contribution in [0.2, 0.25) is 0 Å². The molecule has 0 unspecified atom stereocenters. The Bertz CT molecular complexity index is 121. The molecule has 0 N–H and O–H groups in total. The highest BCUT2D eigenvalue weighted by Gasteiger charge is 2.41. The van der Waals surface area contributed by atoms with Crippen LogP contribution in [0.1, 0.15) is 19.3 Å². The molecule has 8 heavy (non-hydrogen) atoms. The van der Waals surface area contributed by atoms with Gasteiger partial charge >= 0.3 is 0 Å². The molecule has 2 heteroatoms. The van der Waals surface area contributed by atoms with E-state index in [4.69, 9.17) is 16.9 Å². The summed E-state index contributed by atoms with van der Waals surface area (Å²) in [6, 6.07) is 2.27. The first kappa shape index (κ1) is 5.91. The Kier molecular flexibility index (Phi) is 1.44. The summed E-state index contributed by atoms with van der Waals surface area (Å²) < 4.78 is 0. The van der Waals surface area contributed by atoms with Gasteiger partial charge in [0.25, 0.3) is 0 Å². The van der Waals surface area contributed by atoms with Gasteiger partial charge in [0.2, 0.25) is 0 Å². The average molecular weight is 130 g/mol. The summed E-state index contributed by atoms with van der Waals surface area (Å²) in [4.78, 5) is 0. The van der Waals surface area contributed by atoms with E-state index in [1.165, 1.54) is 0 Å². The lowest BCUT2D eigenvalue weighted by molar-refractivity contribution is 0.645. The van der Waals surface area contributed by atoms with E-state index < -0.39 is 0 Å². The molecule has 0 amide bonds. The van der Waals surface area contributed by atoms with Gasteiger partial charge in [0.1, 0.15) is 0 Å². The van der Waals surface area contributed by atoms with Crippen molar-refractivity contribution in [2.75, 3.05) is 5.88 Å².